The van der Waals surface area contributed by atoms with E-state index in [1.165, 1.54) is 22.5 Å². The van der Waals surface area contributed by atoms with Crippen molar-refractivity contribution in [2.75, 3.05) is 13.1 Å². The third-order valence-corrected chi connectivity index (χ3v) is 6.74. The number of nitriles is 1. The summed E-state index contributed by atoms with van der Waals surface area (Å²) in [6, 6.07) is 13.0. The first kappa shape index (κ1) is 20.3. The van der Waals surface area contributed by atoms with Crippen LogP contribution in [0.5, 0.6) is 5.75 Å². The fourth-order valence-corrected chi connectivity index (χ4v) is 4.72. The highest BCUT2D eigenvalue weighted by Gasteiger charge is 2.26. The Kier molecular flexibility index (Phi) is 6.35. The summed E-state index contributed by atoms with van der Waals surface area (Å²) in [5.41, 5.74) is 1.22. The van der Waals surface area contributed by atoms with E-state index in [1.807, 2.05) is 6.07 Å². The highest BCUT2D eigenvalue weighted by molar-refractivity contribution is 7.89. The van der Waals surface area contributed by atoms with Crippen LogP contribution >= 0.6 is 11.6 Å². The van der Waals surface area contributed by atoms with Crippen LogP contribution in [0.25, 0.3) is 0 Å². The van der Waals surface area contributed by atoms with Gasteiger partial charge in [0.1, 0.15) is 5.75 Å². The summed E-state index contributed by atoms with van der Waals surface area (Å²) < 4.78 is 31.8. The van der Waals surface area contributed by atoms with Crippen LogP contribution < -0.4 is 4.74 Å². The zero-order valence-corrected chi connectivity index (χ0v) is 16.7. The van der Waals surface area contributed by atoms with Crippen molar-refractivity contribution in [3.63, 3.8) is 0 Å². The topological polar surface area (TPSA) is 87.5 Å². The Bertz CT molecular complexity index is 1010. The van der Waals surface area contributed by atoms with E-state index in [2.05, 4.69) is 0 Å². The minimum Gasteiger partial charge on any atom is -0.425 e. The third-order valence-electron chi connectivity index (χ3n) is 4.53. The average molecular weight is 419 g/mol. The maximum absolute atomic E-state index is 12.5. The predicted molar refractivity (Wildman–Crippen MR) is 105 cm³/mol. The molecule has 0 atom stereocenters. The molecule has 0 amide bonds. The Morgan fingerprint density at radius 3 is 2.43 bits per heavy atom. The highest BCUT2D eigenvalue weighted by Crippen LogP contribution is 2.26. The first-order valence-electron chi connectivity index (χ1n) is 8.89. The second kappa shape index (κ2) is 8.74. The lowest BCUT2D eigenvalue weighted by Gasteiger charge is -2.15. The van der Waals surface area contributed by atoms with Crippen LogP contribution in [0.4, 0.5) is 0 Å². The molecule has 2 aromatic carbocycles. The normalized spacial score (nSPS) is 14.6. The quantitative estimate of drug-likeness (QED) is 0.529. The lowest BCUT2D eigenvalue weighted by molar-refractivity contribution is -0.134. The summed E-state index contributed by atoms with van der Waals surface area (Å²) in [6.07, 6.45) is 2.32. The van der Waals surface area contributed by atoms with E-state index in [9.17, 15) is 13.2 Å². The number of carbonyl (C=O) groups is 1. The first-order valence-corrected chi connectivity index (χ1v) is 10.7. The van der Waals surface area contributed by atoms with Crippen LogP contribution in [-0.4, -0.2) is 31.8 Å². The molecule has 0 unspecified atom stereocenters. The third kappa shape index (κ3) is 4.71. The summed E-state index contributed by atoms with van der Waals surface area (Å²) in [5.74, 6) is -0.252. The number of rotatable bonds is 6. The molecule has 0 bridgehead atoms. The molecular formula is C20H19ClN2O4S. The van der Waals surface area contributed by atoms with Gasteiger partial charge in [-0.15, -0.1) is 0 Å². The zero-order chi connectivity index (χ0) is 20.1. The lowest BCUT2D eigenvalue weighted by Crippen LogP contribution is -2.27. The molecule has 2 aromatic rings. The van der Waals surface area contributed by atoms with E-state index in [0.29, 0.717) is 25.1 Å². The van der Waals surface area contributed by atoms with E-state index >= 15 is 0 Å². The van der Waals surface area contributed by atoms with Gasteiger partial charge in [0, 0.05) is 19.5 Å². The summed E-state index contributed by atoms with van der Waals surface area (Å²) in [6.45, 7) is 1.13. The van der Waals surface area contributed by atoms with Crippen LogP contribution in [0, 0.1) is 11.3 Å². The number of aryl methyl sites for hydroxylation is 1. The van der Waals surface area contributed by atoms with E-state index in [0.717, 1.165) is 18.4 Å². The van der Waals surface area contributed by atoms with Gasteiger partial charge in [-0.3, -0.25) is 4.79 Å². The van der Waals surface area contributed by atoms with Crippen molar-refractivity contribution in [1.82, 2.24) is 4.31 Å². The van der Waals surface area contributed by atoms with Gasteiger partial charge in [0.05, 0.1) is 21.6 Å². The Morgan fingerprint density at radius 2 is 1.82 bits per heavy atom. The predicted octanol–water partition coefficient (Wildman–Crippen LogP) is 3.53. The first-order chi connectivity index (χ1) is 13.4. The van der Waals surface area contributed by atoms with Gasteiger partial charge in [0.2, 0.25) is 10.0 Å². The number of ether oxygens (including phenoxy) is 1. The fourth-order valence-electron chi connectivity index (χ4n) is 2.98. The minimum atomic E-state index is -3.43. The van der Waals surface area contributed by atoms with E-state index < -0.39 is 16.0 Å². The van der Waals surface area contributed by atoms with Crippen LogP contribution in [0.2, 0.25) is 5.02 Å². The maximum atomic E-state index is 12.5. The van der Waals surface area contributed by atoms with Gasteiger partial charge >= 0.3 is 5.97 Å². The Balaban J connectivity index is 1.57. The SMILES string of the molecule is N#Cc1ccc(OC(=O)CCc2ccc(S(=O)(=O)N3CCCC3)cc2)c(Cl)c1. The minimum absolute atomic E-state index is 0.120. The van der Waals surface area contributed by atoms with Gasteiger partial charge in [-0.25, -0.2) is 8.42 Å². The molecule has 3 rings (SSSR count). The van der Waals surface area contributed by atoms with Crippen molar-refractivity contribution in [3.05, 3.63) is 58.6 Å². The van der Waals surface area contributed by atoms with Gasteiger partial charge in [-0.2, -0.15) is 9.57 Å². The lowest BCUT2D eigenvalue weighted by atomic mass is 10.1. The highest BCUT2D eigenvalue weighted by atomic mass is 35.5. The molecule has 0 radical (unpaired) electrons. The molecule has 0 spiro atoms. The molecule has 1 saturated heterocycles. The van der Waals surface area contributed by atoms with E-state index in [4.69, 9.17) is 21.6 Å². The van der Waals surface area contributed by atoms with E-state index in [-0.39, 0.29) is 22.1 Å². The molecule has 1 aliphatic rings. The molecule has 8 heteroatoms. The fraction of sp³-hybridized carbons (Fsp3) is 0.300. The molecule has 1 aliphatic heterocycles. The average Bonchev–Trinajstić information content (AvgIpc) is 3.24. The van der Waals surface area contributed by atoms with Gasteiger partial charge < -0.3 is 4.74 Å². The standard InChI is InChI=1S/C20H19ClN2O4S/c21-18-13-16(14-22)5-9-19(18)27-20(24)10-6-15-3-7-17(8-4-15)28(25,26)23-11-1-2-12-23/h3-5,7-9,13H,1-2,6,10-12H2. The molecule has 1 fully saturated rings. The largest absolute Gasteiger partial charge is 0.425 e. The number of halogens is 1. The van der Waals surface area contributed by atoms with Crippen molar-refractivity contribution in [2.24, 2.45) is 0 Å². The Hall–Kier alpha value is -2.40. The molecular weight excluding hydrogens is 400 g/mol. The molecule has 0 N–H and O–H groups in total. The zero-order valence-electron chi connectivity index (χ0n) is 15.1. The Labute approximate surface area is 169 Å². The summed E-state index contributed by atoms with van der Waals surface area (Å²) in [4.78, 5) is 12.3. The van der Waals surface area contributed by atoms with Crippen molar-refractivity contribution < 1.29 is 17.9 Å². The van der Waals surface area contributed by atoms with Crippen LogP contribution in [0.15, 0.2) is 47.4 Å². The van der Waals surface area contributed by atoms with Crippen molar-refractivity contribution in [3.8, 4) is 11.8 Å². The van der Waals surface area contributed by atoms with Gasteiger partial charge in [0.25, 0.3) is 0 Å². The van der Waals surface area contributed by atoms with Crippen molar-refractivity contribution in [2.45, 2.75) is 30.6 Å². The van der Waals surface area contributed by atoms with Crippen LogP contribution in [-0.2, 0) is 21.2 Å². The van der Waals surface area contributed by atoms with Crippen molar-refractivity contribution >= 4 is 27.6 Å². The monoisotopic (exact) mass is 418 g/mol. The molecule has 146 valence electrons. The Morgan fingerprint density at radius 1 is 1.14 bits per heavy atom. The number of benzene rings is 2. The molecule has 6 nitrogen and oxygen atoms in total. The summed E-state index contributed by atoms with van der Waals surface area (Å²) >= 11 is 5.99. The maximum Gasteiger partial charge on any atom is 0.311 e. The number of esters is 1. The summed E-state index contributed by atoms with van der Waals surface area (Å²) in [5, 5.41) is 9.02. The smallest absolute Gasteiger partial charge is 0.311 e. The molecule has 1 heterocycles. The number of hydrogen-bond donors (Lipinski definition) is 0. The molecule has 0 aliphatic carbocycles. The number of sulfonamides is 1. The van der Waals surface area contributed by atoms with Crippen LogP contribution in [0.1, 0.15) is 30.4 Å². The van der Waals surface area contributed by atoms with E-state index in [1.54, 1.807) is 24.3 Å². The number of hydrogen-bond acceptors (Lipinski definition) is 5. The summed E-state index contributed by atoms with van der Waals surface area (Å²) in [7, 11) is -3.43. The molecule has 0 aromatic heterocycles. The van der Waals surface area contributed by atoms with Crippen LogP contribution in [0.3, 0.4) is 0 Å². The van der Waals surface area contributed by atoms with Gasteiger partial charge in [0.15, 0.2) is 0 Å². The molecule has 0 saturated carbocycles. The number of nitrogens with zero attached hydrogens (tertiary/aromatic N) is 2. The molecule has 28 heavy (non-hydrogen) atoms. The second-order valence-electron chi connectivity index (χ2n) is 6.49. The van der Waals surface area contributed by atoms with Gasteiger partial charge in [-0.05, 0) is 55.2 Å². The van der Waals surface area contributed by atoms with Crippen molar-refractivity contribution in [1.29, 1.82) is 5.26 Å². The second-order valence-corrected chi connectivity index (χ2v) is 8.83. The number of carbonyl (C=O) groups excluding carboxylic acids is 1. The van der Waals surface area contributed by atoms with Gasteiger partial charge in [-0.1, -0.05) is 23.7 Å².